The normalized spacial score (nSPS) is 22.8. The van der Waals surface area contributed by atoms with Crippen LogP contribution in [0.15, 0.2) is 36.4 Å². The quantitative estimate of drug-likeness (QED) is 0.912. The topological polar surface area (TPSA) is 51.3 Å². The van der Waals surface area contributed by atoms with Crippen LogP contribution >= 0.6 is 12.4 Å². The van der Waals surface area contributed by atoms with Gasteiger partial charge in [-0.2, -0.15) is 0 Å². The smallest absolute Gasteiger partial charge is 0.255 e. The van der Waals surface area contributed by atoms with Crippen molar-refractivity contribution in [2.45, 2.75) is 44.7 Å². The van der Waals surface area contributed by atoms with Gasteiger partial charge >= 0.3 is 0 Å². The molecule has 1 saturated heterocycles. The number of aryl methyl sites for hydroxylation is 1. The van der Waals surface area contributed by atoms with Gasteiger partial charge in [0.2, 0.25) is 0 Å². The Kier molecular flexibility index (Phi) is 4.94. The standard InChI is InChI=1S/C20H25N3O.ClH/c1-13-10-17(14(2)23(13)16-8-9-16)20(24)22-11-18(19(21)12-22)15-6-4-3-5-7-15;/h3-7,10,16,18-19H,8-9,11-12,21H2,1-2H3;1H/t18-,19+;/m0./s1. The molecule has 134 valence electrons. The number of carbonyl (C=O) groups is 1. The van der Waals surface area contributed by atoms with Crippen LogP contribution in [0.4, 0.5) is 0 Å². The molecule has 1 amide bonds. The highest BCUT2D eigenvalue weighted by atomic mass is 35.5. The molecule has 0 radical (unpaired) electrons. The number of nitrogens with zero attached hydrogens (tertiary/aromatic N) is 2. The van der Waals surface area contributed by atoms with E-state index in [4.69, 9.17) is 5.73 Å². The number of likely N-dealkylation sites (tertiary alicyclic amines) is 1. The maximum Gasteiger partial charge on any atom is 0.255 e. The summed E-state index contributed by atoms with van der Waals surface area (Å²) in [5, 5.41) is 0. The summed E-state index contributed by atoms with van der Waals surface area (Å²) in [4.78, 5) is 15.0. The molecule has 1 aromatic heterocycles. The minimum absolute atomic E-state index is 0. The van der Waals surface area contributed by atoms with Crippen LogP contribution in [0.5, 0.6) is 0 Å². The predicted octanol–water partition coefficient (Wildman–Crippen LogP) is 3.43. The van der Waals surface area contributed by atoms with Gasteiger partial charge in [0, 0.05) is 42.5 Å². The first-order valence-electron chi connectivity index (χ1n) is 8.84. The molecular formula is C20H26ClN3O. The second kappa shape index (κ2) is 6.85. The monoisotopic (exact) mass is 359 g/mol. The Morgan fingerprint density at radius 1 is 1.12 bits per heavy atom. The van der Waals surface area contributed by atoms with Crippen LogP contribution in [-0.4, -0.2) is 34.5 Å². The van der Waals surface area contributed by atoms with Crippen molar-refractivity contribution >= 4 is 18.3 Å². The van der Waals surface area contributed by atoms with Gasteiger partial charge in [-0.25, -0.2) is 0 Å². The SMILES string of the molecule is Cc1cc(C(=O)N2C[C@@H](N)[C@H](c3ccccc3)C2)c(C)n1C1CC1.Cl. The fourth-order valence-electron chi connectivity index (χ4n) is 4.11. The van der Waals surface area contributed by atoms with Crippen LogP contribution in [0.3, 0.4) is 0 Å². The molecule has 4 nitrogen and oxygen atoms in total. The van der Waals surface area contributed by atoms with Gasteiger partial charge in [-0.15, -0.1) is 12.4 Å². The molecule has 1 saturated carbocycles. The van der Waals surface area contributed by atoms with E-state index >= 15 is 0 Å². The molecule has 2 heterocycles. The fraction of sp³-hybridized carbons (Fsp3) is 0.450. The molecule has 5 heteroatoms. The van der Waals surface area contributed by atoms with Gasteiger partial charge in [0.1, 0.15) is 0 Å². The summed E-state index contributed by atoms with van der Waals surface area (Å²) in [6.07, 6.45) is 2.46. The summed E-state index contributed by atoms with van der Waals surface area (Å²) in [7, 11) is 0. The molecule has 2 fully saturated rings. The number of aromatic nitrogens is 1. The van der Waals surface area contributed by atoms with Gasteiger partial charge in [-0.3, -0.25) is 4.79 Å². The highest BCUT2D eigenvalue weighted by Gasteiger charge is 2.36. The first kappa shape index (κ1) is 18.0. The van der Waals surface area contributed by atoms with Crippen LogP contribution in [0.25, 0.3) is 0 Å². The molecule has 0 spiro atoms. The Morgan fingerprint density at radius 2 is 1.80 bits per heavy atom. The lowest BCUT2D eigenvalue weighted by Gasteiger charge is -2.17. The first-order chi connectivity index (χ1) is 11.6. The molecule has 2 aliphatic rings. The number of hydrogen-bond acceptors (Lipinski definition) is 2. The van der Waals surface area contributed by atoms with E-state index in [2.05, 4.69) is 36.6 Å². The van der Waals surface area contributed by atoms with Crippen molar-refractivity contribution in [1.82, 2.24) is 9.47 Å². The molecule has 0 bridgehead atoms. The number of amides is 1. The summed E-state index contributed by atoms with van der Waals surface area (Å²) in [6, 6.07) is 13.0. The molecule has 0 unspecified atom stereocenters. The van der Waals surface area contributed by atoms with Crippen LogP contribution in [-0.2, 0) is 0 Å². The minimum atomic E-state index is 0. The Morgan fingerprint density at radius 3 is 2.44 bits per heavy atom. The molecule has 4 rings (SSSR count). The van der Waals surface area contributed by atoms with Gasteiger partial charge in [0.25, 0.3) is 5.91 Å². The molecule has 2 N–H and O–H groups in total. The van der Waals surface area contributed by atoms with Crippen molar-refractivity contribution in [2.24, 2.45) is 5.73 Å². The zero-order valence-electron chi connectivity index (χ0n) is 14.8. The summed E-state index contributed by atoms with van der Waals surface area (Å²) in [5.41, 5.74) is 10.7. The number of carbonyl (C=O) groups excluding carboxylic acids is 1. The highest BCUT2D eigenvalue weighted by molar-refractivity contribution is 5.96. The lowest BCUT2D eigenvalue weighted by atomic mass is 9.95. The largest absolute Gasteiger partial charge is 0.345 e. The van der Waals surface area contributed by atoms with E-state index in [0.717, 1.165) is 11.3 Å². The van der Waals surface area contributed by atoms with Gasteiger partial charge < -0.3 is 15.2 Å². The summed E-state index contributed by atoms with van der Waals surface area (Å²) < 4.78 is 2.33. The van der Waals surface area contributed by atoms with Gasteiger partial charge in [-0.05, 0) is 38.3 Å². The Labute approximate surface area is 155 Å². The fourth-order valence-corrected chi connectivity index (χ4v) is 4.11. The van der Waals surface area contributed by atoms with Gasteiger partial charge in [0.05, 0.1) is 5.56 Å². The summed E-state index contributed by atoms with van der Waals surface area (Å²) >= 11 is 0. The Hall–Kier alpha value is -1.78. The third-order valence-electron chi connectivity index (χ3n) is 5.51. The zero-order chi connectivity index (χ0) is 16.8. The Balaban J connectivity index is 0.00000182. The molecule has 25 heavy (non-hydrogen) atoms. The molecule has 1 aliphatic heterocycles. The maximum absolute atomic E-state index is 13.1. The van der Waals surface area contributed by atoms with E-state index in [1.165, 1.54) is 24.1 Å². The third-order valence-corrected chi connectivity index (χ3v) is 5.51. The van der Waals surface area contributed by atoms with Crippen LogP contribution in [0, 0.1) is 13.8 Å². The van der Waals surface area contributed by atoms with Crippen LogP contribution < -0.4 is 5.73 Å². The average Bonchev–Trinajstić information content (AvgIpc) is 3.26. The molecule has 1 aliphatic carbocycles. The van der Waals surface area contributed by atoms with E-state index in [9.17, 15) is 4.79 Å². The Bertz CT molecular complexity index is 767. The van der Waals surface area contributed by atoms with E-state index in [0.29, 0.717) is 19.1 Å². The third kappa shape index (κ3) is 3.21. The highest BCUT2D eigenvalue weighted by Crippen LogP contribution is 2.39. The molecule has 2 atom stereocenters. The van der Waals surface area contributed by atoms with Gasteiger partial charge in [0.15, 0.2) is 0 Å². The first-order valence-corrected chi connectivity index (χ1v) is 8.84. The second-order valence-electron chi connectivity index (χ2n) is 7.28. The molecule has 1 aromatic carbocycles. The van der Waals surface area contributed by atoms with Crippen molar-refractivity contribution in [3.63, 3.8) is 0 Å². The molecule has 2 aromatic rings. The van der Waals surface area contributed by atoms with Crippen molar-refractivity contribution in [1.29, 1.82) is 0 Å². The summed E-state index contributed by atoms with van der Waals surface area (Å²) in [6.45, 7) is 5.51. The lowest BCUT2D eigenvalue weighted by Crippen LogP contribution is -2.32. The zero-order valence-corrected chi connectivity index (χ0v) is 15.6. The van der Waals surface area contributed by atoms with Crippen molar-refractivity contribution in [3.8, 4) is 0 Å². The number of halogens is 1. The van der Waals surface area contributed by atoms with Crippen molar-refractivity contribution < 1.29 is 4.79 Å². The maximum atomic E-state index is 13.1. The number of benzene rings is 1. The van der Waals surface area contributed by atoms with E-state index in [-0.39, 0.29) is 30.3 Å². The number of nitrogens with two attached hydrogens (primary N) is 1. The minimum Gasteiger partial charge on any atom is -0.345 e. The van der Waals surface area contributed by atoms with Crippen LogP contribution in [0.2, 0.25) is 0 Å². The van der Waals surface area contributed by atoms with Crippen LogP contribution in [0.1, 0.15) is 52.1 Å². The number of rotatable bonds is 3. The molecular weight excluding hydrogens is 334 g/mol. The average molecular weight is 360 g/mol. The van der Waals surface area contributed by atoms with E-state index in [1.54, 1.807) is 0 Å². The predicted molar refractivity (Wildman–Crippen MR) is 102 cm³/mol. The van der Waals surface area contributed by atoms with Crippen molar-refractivity contribution in [2.75, 3.05) is 13.1 Å². The summed E-state index contributed by atoms with van der Waals surface area (Å²) in [5.74, 6) is 0.353. The van der Waals surface area contributed by atoms with Gasteiger partial charge in [-0.1, -0.05) is 30.3 Å². The lowest BCUT2D eigenvalue weighted by molar-refractivity contribution is 0.0788. The number of hydrogen-bond donors (Lipinski definition) is 1. The van der Waals surface area contributed by atoms with E-state index in [1.807, 2.05) is 23.1 Å². The second-order valence-corrected chi connectivity index (χ2v) is 7.28. The van der Waals surface area contributed by atoms with E-state index < -0.39 is 0 Å². The van der Waals surface area contributed by atoms with Crippen molar-refractivity contribution in [3.05, 3.63) is 58.9 Å².